The van der Waals surface area contributed by atoms with Gasteiger partial charge in [-0.25, -0.2) is 0 Å². The molecule has 0 saturated heterocycles. The van der Waals surface area contributed by atoms with Gasteiger partial charge >= 0.3 is 0 Å². The molecular formula is C17H20O5. The summed E-state index contributed by atoms with van der Waals surface area (Å²) < 4.78 is 0. The average Bonchev–Trinajstić information content (AvgIpc) is 2.42. The lowest BCUT2D eigenvalue weighted by Crippen LogP contribution is -2.60. The first-order chi connectivity index (χ1) is 10.1. The average molecular weight is 304 g/mol. The summed E-state index contributed by atoms with van der Waals surface area (Å²) in [6.07, 6.45) is -0.861. The molecular weight excluding hydrogens is 284 g/mol. The highest BCUT2D eigenvalue weighted by atomic mass is 16.3. The van der Waals surface area contributed by atoms with E-state index in [4.69, 9.17) is 0 Å². The van der Waals surface area contributed by atoms with Crippen LogP contribution in [0.15, 0.2) is 12.1 Å². The lowest BCUT2D eigenvalue weighted by Gasteiger charge is -2.55. The first kappa shape index (κ1) is 15.0. The molecule has 0 aromatic heterocycles. The standard InChI is InChI=1S/C17H20O5/c1-16(2)7-11(20)15(22)17(3)8-4-5-9(18)14(21)13(8)10(19)6-12(16)17/h4-5,12,15,18,21-22H,6-7H2,1-3H3. The number of fused-ring (bicyclic) bond motifs is 3. The summed E-state index contributed by atoms with van der Waals surface area (Å²) in [7, 11) is 0. The summed E-state index contributed by atoms with van der Waals surface area (Å²) in [5.41, 5.74) is -0.903. The summed E-state index contributed by atoms with van der Waals surface area (Å²) >= 11 is 0. The number of hydrogen-bond donors (Lipinski definition) is 3. The van der Waals surface area contributed by atoms with Crippen molar-refractivity contribution in [2.45, 2.75) is 45.1 Å². The zero-order valence-electron chi connectivity index (χ0n) is 12.9. The van der Waals surface area contributed by atoms with E-state index in [2.05, 4.69) is 0 Å². The number of aliphatic hydroxyl groups is 1. The second-order valence-corrected chi connectivity index (χ2v) is 7.35. The van der Waals surface area contributed by atoms with Crippen molar-refractivity contribution in [2.24, 2.45) is 11.3 Å². The maximum absolute atomic E-state index is 12.5. The van der Waals surface area contributed by atoms with E-state index < -0.39 is 22.7 Å². The molecule has 1 aromatic rings. The molecule has 2 aliphatic rings. The Bertz CT molecular complexity index is 691. The minimum absolute atomic E-state index is 0.0308. The van der Waals surface area contributed by atoms with Crippen LogP contribution in [0.5, 0.6) is 11.5 Å². The van der Waals surface area contributed by atoms with Crippen LogP contribution < -0.4 is 0 Å². The number of ketones is 2. The van der Waals surface area contributed by atoms with Gasteiger partial charge in [0.05, 0.1) is 5.56 Å². The number of aromatic hydroxyl groups is 2. The van der Waals surface area contributed by atoms with E-state index in [0.717, 1.165) is 0 Å². The molecule has 22 heavy (non-hydrogen) atoms. The molecule has 0 radical (unpaired) electrons. The van der Waals surface area contributed by atoms with Crippen LogP contribution in [0.1, 0.15) is 49.5 Å². The van der Waals surface area contributed by atoms with Gasteiger partial charge in [-0.1, -0.05) is 26.8 Å². The monoisotopic (exact) mass is 304 g/mol. The van der Waals surface area contributed by atoms with Crippen LogP contribution in [0.4, 0.5) is 0 Å². The fourth-order valence-electron chi connectivity index (χ4n) is 4.43. The van der Waals surface area contributed by atoms with E-state index in [9.17, 15) is 24.9 Å². The third-order valence-electron chi connectivity index (χ3n) is 5.58. The normalized spacial score (nSPS) is 33.3. The first-order valence-corrected chi connectivity index (χ1v) is 7.40. The van der Waals surface area contributed by atoms with Crippen LogP contribution in [0.3, 0.4) is 0 Å². The zero-order valence-corrected chi connectivity index (χ0v) is 12.9. The first-order valence-electron chi connectivity index (χ1n) is 7.40. The van der Waals surface area contributed by atoms with Crippen LogP contribution in [-0.4, -0.2) is 33.0 Å². The van der Waals surface area contributed by atoms with E-state index in [1.54, 1.807) is 6.92 Å². The molecule has 1 saturated carbocycles. The molecule has 0 heterocycles. The highest BCUT2D eigenvalue weighted by Gasteiger charge is 2.59. The maximum Gasteiger partial charge on any atom is 0.168 e. The Kier molecular flexibility index (Phi) is 2.95. The van der Waals surface area contributed by atoms with Gasteiger partial charge in [0.2, 0.25) is 0 Å². The Morgan fingerprint density at radius 1 is 1.14 bits per heavy atom. The molecule has 0 spiro atoms. The molecule has 3 N–H and O–H groups in total. The number of Topliss-reactive ketones (excluding diaryl/α,β-unsaturated/α-hetero) is 2. The van der Waals surface area contributed by atoms with Crippen molar-refractivity contribution in [1.82, 2.24) is 0 Å². The molecule has 2 aliphatic carbocycles. The van der Waals surface area contributed by atoms with Gasteiger partial charge in [0.1, 0.15) is 6.10 Å². The van der Waals surface area contributed by atoms with E-state index in [0.29, 0.717) is 5.56 Å². The Morgan fingerprint density at radius 3 is 2.41 bits per heavy atom. The van der Waals surface area contributed by atoms with Gasteiger partial charge in [0.25, 0.3) is 0 Å². The topological polar surface area (TPSA) is 94.8 Å². The van der Waals surface area contributed by atoms with E-state index in [1.807, 2.05) is 13.8 Å². The predicted octanol–water partition coefficient (Wildman–Crippen LogP) is 1.92. The second-order valence-electron chi connectivity index (χ2n) is 7.35. The van der Waals surface area contributed by atoms with Gasteiger partial charge < -0.3 is 15.3 Å². The second kappa shape index (κ2) is 4.32. The molecule has 1 aromatic carbocycles. The van der Waals surface area contributed by atoms with Crippen LogP contribution in [0, 0.1) is 11.3 Å². The van der Waals surface area contributed by atoms with Crippen molar-refractivity contribution in [3.8, 4) is 11.5 Å². The number of carbonyl (C=O) groups excluding carboxylic acids is 2. The molecule has 5 nitrogen and oxygen atoms in total. The highest BCUT2D eigenvalue weighted by Crippen LogP contribution is 2.57. The van der Waals surface area contributed by atoms with Crippen molar-refractivity contribution in [3.63, 3.8) is 0 Å². The van der Waals surface area contributed by atoms with Crippen LogP contribution in [-0.2, 0) is 10.2 Å². The van der Waals surface area contributed by atoms with Crippen LogP contribution >= 0.6 is 0 Å². The van der Waals surface area contributed by atoms with Gasteiger partial charge in [-0.3, -0.25) is 9.59 Å². The van der Waals surface area contributed by atoms with Crippen molar-refractivity contribution in [1.29, 1.82) is 0 Å². The third-order valence-corrected chi connectivity index (χ3v) is 5.58. The Balaban J connectivity index is 2.32. The van der Waals surface area contributed by atoms with Crippen LogP contribution in [0.2, 0.25) is 0 Å². The molecule has 3 rings (SSSR count). The van der Waals surface area contributed by atoms with Gasteiger partial charge in [-0.15, -0.1) is 0 Å². The molecule has 0 amide bonds. The molecule has 5 heteroatoms. The predicted molar refractivity (Wildman–Crippen MR) is 79.0 cm³/mol. The zero-order chi connectivity index (χ0) is 16.4. The summed E-state index contributed by atoms with van der Waals surface area (Å²) in [4.78, 5) is 24.8. The fraction of sp³-hybridized carbons (Fsp3) is 0.529. The summed E-state index contributed by atoms with van der Waals surface area (Å²) in [5, 5.41) is 30.3. The van der Waals surface area contributed by atoms with Crippen molar-refractivity contribution in [2.75, 3.05) is 0 Å². The molecule has 0 aliphatic heterocycles. The Morgan fingerprint density at radius 2 is 1.77 bits per heavy atom. The quantitative estimate of drug-likeness (QED) is 0.637. The minimum Gasteiger partial charge on any atom is -0.504 e. The van der Waals surface area contributed by atoms with E-state index in [-0.39, 0.29) is 41.6 Å². The molecule has 3 atom stereocenters. The Labute approximate surface area is 128 Å². The SMILES string of the molecule is CC1(C)CC(=O)C(O)C2(C)c3ccc(O)c(O)c3C(=O)CC12. The number of phenolic OH excluding ortho intramolecular Hbond substituents is 2. The third kappa shape index (κ3) is 1.69. The lowest BCUT2D eigenvalue weighted by atomic mass is 9.48. The highest BCUT2D eigenvalue weighted by molar-refractivity contribution is 6.04. The number of aliphatic hydroxyl groups excluding tert-OH is 1. The van der Waals surface area contributed by atoms with Crippen molar-refractivity contribution < 1.29 is 24.9 Å². The molecule has 1 fully saturated rings. The fourth-order valence-corrected chi connectivity index (χ4v) is 4.43. The molecule has 118 valence electrons. The molecule has 3 unspecified atom stereocenters. The van der Waals surface area contributed by atoms with Gasteiger partial charge in [-0.2, -0.15) is 0 Å². The summed E-state index contributed by atoms with van der Waals surface area (Å²) in [5.74, 6) is -1.57. The van der Waals surface area contributed by atoms with E-state index >= 15 is 0 Å². The summed E-state index contributed by atoms with van der Waals surface area (Å²) in [6.45, 7) is 5.62. The largest absolute Gasteiger partial charge is 0.504 e. The molecule has 0 bridgehead atoms. The number of carbonyl (C=O) groups is 2. The van der Waals surface area contributed by atoms with Crippen molar-refractivity contribution in [3.05, 3.63) is 23.3 Å². The number of phenols is 2. The van der Waals surface area contributed by atoms with Gasteiger partial charge in [0.15, 0.2) is 23.1 Å². The maximum atomic E-state index is 12.5. The van der Waals surface area contributed by atoms with Gasteiger partial charge in [0, 0.05) is 18.3 Å². The Hall–Kier alpha value is -1.88. The van der Waals surface area contributed by atoms with Crippen LogP contribution in [0.25, 0.3) is 0 Å². The smallest absolute Gasteiger partial charge is 0.168 e. The minimum atomic E-state index is -1.22. The number of rotatable bonds is 0. The van der Waals surface area contributed by atoms with Crippen molar-refractivity contribution >= 4 is 11.6 Å². The number of hydrogen-bond acceptors (Lipinski definition) is 5. The number of benzene rings is 1. The van der Waals surface area contributed by atoms with E-state index in [1.165, 1.54) is 12.1 Å². The summed E-state index contributed by atoms with van der Waals surface area (Å²) in [6, 6.07) is 2.83. The van der Waals surface area contributed by atoms with Gasteiger partial charge in [-0.05, 0) is 23.0 Å². The lowest BCUT2D eigenvalue weighted by molar-refractivity contribution is -0.145.